The summed E-state index contributed by atoms with van der Waals surface area (Å²) in [5.41, 5.74) is 4.11. The predicted molar refractivity (Wildman–Crippen MR) is 132 cm³/mol. The number of nitriles is 1. The first-order valence-electron chi connectivity index (χ1n) is 11.9. The van der Waals surface area contributed by atoms with Crippen molar-refractivity contribution in [1.82, 2.24) is 0 Å². The number of ether oxygens (including phenoxy) is 1. The molecule has 2 aromatic carbocycles. The molecular weight excluding hydrogens is 378 g/mol. The molecule has 0 saturated heterocycles. The highest BCUT2D eigenvalue weighted by Gasteiger charge is 2.32. The van der Waals surface area contributed by atoms with E-state index >= 15 is 0 Å². The van der Waals surface area contributed by atoms with Crippen molar-refractivity contribution in [1.29, 1.82) is 5.26 Å². The molecule has 1 aliphatic rings. The summed E-state index contributed by atoms with van der Waals surface area (Å²) < 4.78 is 6.37. The number of hydrogen-bond acceptors (Lipinski definition) is 2. The van der Waals surface area contributed by atoms with Crippen molar-refractivity contribution >= 4 is 0 Å². The van der Waals surface area contributed by atoms with Crippen LogP contribution in [0.15, 0.2) is 60.7 Å². The second-order valence-corrected chi connectivity index (χ2v) is 8.86. The Balaban J connectivity index is 0.000000501. The molecule has 2 heteroatoms. The number of hydrogen-bond donors (Lipinski definition) is 0. The third kappa shape index (κ3) is 8.35. The topological polar surface area (TPSA) is 33.0 Å². The summed E-state index contributed by atoms with van der Waals surface area (Å²) in [6.07, 6.45) is 13.0. The Kier molecular flexibility index (Phi) is 10.5. The van der Waals surface area contributed by atoms with Crippen LogP contribution in [0.1, 0.15) is 83.8 Å². The Morgan fingerprint density at radius 3 is 2.52 bits per heavy atom. The van der Waals surface area contributed by atoms with E-state index in [1.54, 1.807) is 0 Å². The minimum absolute atomic E-state index is 0.00958. The number of benzene rings is 2. The van der Waals surface area contributed by atoms with E-state index in [4.69, 9.17) is 10.00 Å². The summed E-state index contributed by atoms with van der Waals surface area (Å²) >= 11 is 0. The maximum atomic E-state index is 9.09. The summed E-state index contributed by atoms with van der Waals surface area (Å²) in [5.74, 6) is 0.804. The zero-order valence-electron chi connectivity index (χ0n) is 19.9. The van der Waals surface area contributed by atoms with Gasteiger partial charge >= 0.3 is 0 Å². The van der Waals surface area contributed by atoms with Crippen LogP contribution in [-0.2, 0) is 11.3 Å². The highest BCUT2D eigenvalue weighted by Crippen LogP contribution is 2.37. The first kappa shape index (κ1) is 24.9. The summed E-state index contributed by atoms with van der Waals surface area (Å²) in [6.45, 7) is 9.44. The standard InChI is InChI=1S/C23H27NO.C6H12/c1-3-18-9-6-12-23(2,15-18)25-17-20-8-5-11-22(14-20)21-10-4-7-19(13-21)16-24;1-3-5-6-4-2/h4-5,7-8,10-11,13-14,18H,3,6,9,12,15,17H2,1-2H3;3,5H,4,6H2,1-2H3/b;5-3+. The zero-order chi connectivity index (χ0) is 22.5. The molecule has 0 heterocycles. The van der Waals surface area contributed by atoms with E-state index in [9.17, 15) is 0 Å². The molecule has 2 nitrogen and oxygen atoms in total. The molecule has 1 fully saturated rings. The lowest BCUT2D eigenvalue weighted by Gasteiger charge is -2.38. The molecule has 0 radical (unpaired) electrons. The molecule has 1 aliphatic carbocycles. The van der Waals surface area contributed by atoms with Crippen molar-refractivity contribution in [3.63, 3.8) is 0 Å². The second kappa shape index (κ2) is 13.1. The van der Waals surface area contributed by atoms with Gasteiger partial charge in [-0.2, -0.15) is 5.26 Å². The van der Waals surface area contributed by atoms with E-state index in [0.29, 0.717) is 12.2 Å². The highest BCUT2D eigenvalue weighted by atomic mass is 16.5. The first-order chi connectivity index (χ1) is 15.0. The van der Waals surface area contributed by atoms with Crippen molar-refractivity contribution in [3.05, 3.63) is 71.8 Å². The average molecular weight is 418 g/mol. The molecule has 2 unspecified atom stereocenters. The molecule has 0 amide bonds. The van der Waals surface area contributed by atoms with Gasteiger partial charge in [0.25, 0.3) is 0 Å². The molecule has 2 aromatic rings. The van der Waals surface area contributed by atoms with Gasteiger partial charge in [0.15, 0.2) is 0 Å². The Hall–Kier alpha value is -2.37. The van der Waals surface area contributed by atoms with Gasteiger partial charge in [0.2, 0.25) is 0 Å². The van der Waals surface area contributed by atoms with Gasteiger partial charge in [-0.3, -0.25) is 0 Å². The second-order valence-electron chi connectivity index (χ2n) is 8.86. The summed E-state index contributed by atoms with van der Waals surface area (Å²) in [7, 11) is 0. The van der Waals surface area contributed by atoms with Crippen LogP contribution in [0.3, 0.4) is 0 Å². The lowest BCUT2D eigenvalue weighted by atomic mass is 9.78. The van der Waals surface area contributed by atoms with Crippen LogP contribution in [0.4, 0.5) is 0 Å². The molecule has 0 aliphatic heterocycles. The maximum absolute atomic E-state index is 9.09. The third-order valence-corrected chi connectivity index (χ3v) is 6.15. The summed E-state index contributed by atoms with van der Waals surface area (Å²) in [5, 5.41) is 9.09. The van der Waals surface area contributed by atoms with Gasteiger partial charge in [0.1, 0.15) is 0 Å². The summed E-state index contributed by atoms with van der Waals surface area (Å²) in [6, 6.07) is 18.4. The van der Waals surface area contributed by atoms with Crippen LogP contribution in [0, 0.1) is 17.2 Å². The fourth-order valence-corrected chi connectivity index (χ4v) is 4.26. The normalized spacial score (nSPS) is 20.7. The third-order valence-electron chi connectivity index (χ3n) is 6.15. The molecule has 0 spiro atoms. The average Bonchev–Trinajstić information content (AvgIpc) is 2.82. The van der Waals surface area contributed by atoms with Crippen molar-refractivity contribution < 1.29 is 4.74 Å². The Morgan fingerprint density at radius 2 is 1.87 bits per heavy atom. The minimum atomic E-state index is 0.00958. The van der Waals surface area contributed by atoms with E-state index in [0.717, 1.165) is 23.5 Å². The molecule has 2 atom stereocenters. The smallest absolute Gasteiger partial charge is 0.0991 e. The predicted octanol–water partition coefficient (Wildman–Crippen LogP) is 8.46. The van der Waals surface area contributed by atoms with Crippen LogP contribution in [0.2, 0.25) is 0 Å². The van der Waals surface area contributed by atoms with Crippen LogP contribution in [0.5, 0.6) is 0 Å². The lowest BCUT2D eigenvalue weighted by Crippen LogP contribution is -2.34. The molecule has 166 valence electrons. The fraction of sp³-hybridized carbons (Fsp3) is 0.483. The first-order valence-corrected chi connectivity index (χ1v) is 11.9. The van der Waals surface area contributed by atoms with Gasteiger partial charge in [-0.05, 0) is 73.9 Å². The van der Waals surface area contributed by atoms with Crippen LogP contribution in [-0.4, -0.2) is 5.60 Å². The molecule has 0 bridgehead atoms. The van der Waals surface area contributed by atoms with Crippen molar-refractivity contribution in [2.24, 2.45) is 5.92 Å². The highest BCUT2D eigenvalue weighted by molar-refractivity contribution is 5.65. The van der Waals surface area contributed by atoms with Crippen molar-refractivity contribution in [3.8, 4) is 17.2 Å². The van der Waals surface area contributed by atoms with E-state index in [-0.39, 0.29) is 5.60 Å². The quantitative estimate of drug-likeness (QED) is 0.423. The van der Waals surface area contributed by atoms with Crippen LogP contribution in [0.25, 0.3) is 11.1 Å². The van der Waals surface area contributed by atoms with Crippen LogP contribution >= 0.6 is 0 Å². The lowest BCUT2D eigenvalue weighted by molar-refractivity contribution is -0.0797. The number of allylic oxidation sites excluding steroid dienone is 2. The molecule has 0 aromatic heterocycles. The Bertz CT molecular complexity index is 863. The van der Waals surface area contributed by atoms with Crippen molar-refractivity contribution in [2.75, 3.05) is 0 Å². The number of rotatable bonds is 7. The van der Waals surface area contributed by atoms with Gasteiger partial charge in [-0.15, -0.1) is 0 Å². The Labute approximate surface area is 190 Å². The minimum Gasteiger partial charge on any atom is -0.371 e. The summed E-state index contributed by atoms with van der Waals surface area (Å²) in [4.78, 5) is 0. The van der Waals surface area contributed by atoms with Gasteiger partial charge in [-0.25, -0.2) is 0 Å². The number of nitrogens with zero attached hydrogens (tertiary/aromatic N) is 1. The van der Waals surface area contributed by atoms with E-state index in [1.165, 1.54) is 44.1 Å². The van der Waals surface area contributed by atoms with Crippen molar-refractivity contribution in [2.45, 2.75) is 84.8 Å². The van der Waals surface area contributed by atoms with E-state index in [1.807, 2.05) is 18.2 Å². The Morgan fingerprint density at radius 1 is 1.13 bits per heavy atom. The SMILES string of the molecule is C/C=C/CCC.CCC1CCCC(C)(OCc2cccc(-c3cccc(C#N)c3)c2)C1. The number of unbranched alkanes of at least 4 members (excludes halogenated alkanes) is 1. The van der Waals surface area contributed by atoms with Gasteiger partial charge in [-0.1, -0.05) is 82.0 Å². The van der Waals surface area contributed by atoms with E-state index < -0.39 is 0 Å². The van der Waals surface area contributed by atoms with E-state index in [2.05, 4.69) is 76.2 Å². The molecule has 3 rings (SSSR count). The fourth-order valence-electron chi connectivity index (χ4n) is 4.26. The molecule has 0 N–H and O–H groups in total. The molecule has 1 saturated carbocycles. The molecule has 31 heavy (non-hydrogen) atoms. The zero-order valence-corrected chi connectivity index (χ0v) is 19.9. The van der Waals surface area contributed by atoms with Gasteiger partial charge in [0.05, 0.1) is 23.8 Å². The maximum Gasteiger partial charge on any atom is 0.0991 e. The largest absolute Gasteiger partial charge is 0.371 e. The van der Waals surface area contributed by atoms with Gasteiger partial charge < -0.3 is 4.74 Å². The van der Waals surface area contributed by atoms with Gasteiger partial charge in [0, 0.05) is 0 Å². The van der Waals surface area contributed by atoms with Crippen LogP contribution < -0.4 is 0 Å². The molecular formula is C29H39NO. The monoisotopic (exact) mass is 417 g/mol.